The second-order valence-electron chi connectivity index (χ2n) is 5.67. The van der Waals surface area contributed by atoms with Crippen molar-refractivity contribution in [1.82, 2.24) is 14.9 Å². The quantitative estimate of drug-likeness (QED) is 0.462. The van der Waals surface area contributed by atoms with Crippen LogP contribution in [-0.4, -0.2) is 34.1 Å². The lowest BCUT2D eigenvalue weighted by Crippen LogP contribution is -2.18. The van der Waals surface area contributed by atoms with Crippen molar-refractivity contribution in [3.63, 3.8) is 0 Å². The number of Topliss-reactive ketones (excluding diaryl/α,β-unsaturated/α-hetero) is 1. The number of rotatable bonds is 8. The van der Waals surface area contributed by atoms with Crippen LogP contribution in [0.25, 0.3) is 5.69 Å². The molecule has 0 radical (unpaired) electrons. The fourth-order valence-corrected chi connectivity index (χ4v) is 4.22. The minimum absolute atomic E-state index is 0.0410. The Labute approximate surface area is 165 Å². The highest BCUT2D eigenvalue weighted by Gasteiger charge is 2.13. The molecule has 3 aromatic rings. The van der Waals surface area contributed by atoms with Crippen LogP contribution in [0.5, 0.6) is 5.75 Å². The zero-order chi connectivity index (χ0) is 19.2. The van der Waals surface area contributed by atoms with Crippen LogP contribution < -0.4 is 10.1 Å². The Morgan fingerprint density at radius 3 is 2.93 bits per heavy atom. The van der Waals surface area contributed by atoms with E-state index >= 15 is 0 Å². The highest BCUT2D eigenvalue weighted by atomic mass is 32.2. The molecule has 0 unspecified atom stereocenters. The fourth-order valence-electron chi connectivity index (χ4n) is 2.39. The van der Waals surface area contributed by atoms with E-state index in [1.54, 1.807) is 19.4 Å². The van der Waals surface area contributed by atoms with Crippen molar-refractivity contribution in [2.45, 2.75) is 18.6 Å². The Kier molecular flexibility index (Phi) is 6.31. The molecule has 0 atom stereocenters. The highest BCUT2D eigenvalue weighted by molar-refractivity contribution is 7.99. The maximum atomic E-state index is 12.5. The monoisotopic (exact) mass is 401 g/mol. The summed E-state index contributed by atoms with van der Waals surface area (Å²) in [5.41, 5.74) is 0.926. The van der Waals surface area contributed by atoms with Crippen LogP contribution in [0, 0.1) is 0 Å². The number of nitrogens with zero attached hydrogens (tertiary/aromatic N) is 2. The van der Waals surface area contributed by atoms with Crippen molar-refractivity contribution in [3.8, 4) is 11.4 Å². The van der Waals surface area contributed by atoms with Gasteiger partial charge in [0.05, 0.1) is 30.0 Å². The van der Waals surface area contributed by atoms with Gasteiger partial charge >= 0.3 is 0 Å². The normalized spacial score (nSPS) is 10.6. The van der Waals surface area contributed by atoms with Gasteiger partial charge in [-0.15, -0.1) is 11.3 Å². The molecule has 0 fully saturated rings. The summed E-state index contributed by atoms with van der Waals surface area (Å²) in [6.07, 6.45) is 3.57. The molecular formula is C19H19N3O3S2. The number of thiophene rings is 1. The topological polar surface area (TPSA) is 73.2 Å². The van der Waals surface area contributed by atoms with E-state index < -0.39 is 0 Å². The number of benzene rings is 1. The predicted octanol–water partition coefficient (Wildman–Crippen LogP) is 3.55. The number of thioether (sulfide) groups is 1. The second-order valence-corrected chi connectivity index (χ2v) is 7.78. The number of hydrogen-bond donors (Lipinski definition) is 1. The van der Waals surface area contributed by atoms with E-state index in [4.69, 9.17) is 4.74 Å². The molecule has 2 heterocycles. The minimum Gasteiger partial charge on any atom is -0.497 e. The average molecular weight is 402 g/mol. The number of ether oxygens (including phenoxy) is 1. The molecule has 0 bridgehead atoms. The van der Waals surface area contributed by atoms with Crippen molar-refractivity contribution in [3.05, 3.63) is 58.5 Å². The maximum absolute atomic E-state index is 12.5. The molecule has 1 amide bonds. The van der Waals surface area contributed by atoms with E-state index in [9.17, 15) is 9.59 Å². The van der Waals surface area contributed by atoms with Crippen LogP contribution in [0.1, 0.15) is 21.5 Å². The van der Waals surface area contributed by atoms with Gasteiger partial charge in [0.1, 0.15) is 5.75 Å². The van der Waals surface area contributed by atoms with Crippen molar-refractivity contribution in [2.24, 2.45) is 0 Å². The molecular weight excluding hydrogens is 382 g/mol. The first-order valence-corrected chi connectivity index (χ1v) is 10.0. The van der Waals surface area contributed by atoms with Crippen molar-refractivity contribution >= 4 is 34.8 Å². The van der Waals surface area contributed by atoms with E-state index in [0.717, 1.165) is 21.5 Å². The molecule has 0 saturated carbocycles. The molecule has 6 nitrogen and oxygen atoms in total. The molecule has 0 saturated heterocycles. The Bertz CT molecular complexity index is 949. The first-order chi connectivity index (χ1) is 13.1. The van der Waals surface area contributed by atoms with Crippen LogP contribution in [0.2, 0.25) is 0 Å². The Morgan fingerprint density at radius 2 is 2.15 bits per heavy atom. The van der Waals surface area contributed by atoms with Gasteiger partial charge < -0.3 is 10.1 Å². The third kappa shape index (κ3) is 4.99. The lowest BCUT2D eigenvalue weighted by Gasteiger charge is -2.08. The average Bonchev–Trinajstić information content (AvgIpc) is 3.34. The standard InChI is InChI=1S/C19H19N3O3S2/c1-13(23)21-11-16-6-7-18(27-16)17(24)12-26-19-20-8-9-22(19)14-4-3-5-15(10-14)25-2/h3-10H,11-12H2,1-2H3,(H,21,23). The lowest BCUT2D eigenvalue weighted by molar-refractivity contribution is -0.119. The number of carbonyl (C=O) groups excluding carboxylic acids is 2. The number of carbonyl (C=O) groups is 2. The van der Waals surface area contributed by atoms with E-state index in [1.807, 2.05) is 41.1 Å². The third-order valence-corrected chi connectivity index (χ3v) is 5.81. The predicted molar refractivity (Wildman–Crippen MR) is 107 cm³/mol. The van der Waals surface area contributed by atoms with Crippen molar-refractivity contribution in [2.75, 3.05) is 12.9 Å². The smallest absolute Gasteiger partial charge is 0.217 e. The summed E-state index contributed by atoms with van der Waals surface area (Å²) in [4.78, 5) is 29.5. The summed E-state index contributed by atoms with van der Waals surface area (Å²) < 4.78 is 7.19. The summed E-state index contributed by atoms with van der Waals surface area (Å²) >= 11 is 2.80. The van der Waals surface area contributed by atoms with Crippen LogP contribution in [-0.2, 0) is 11.3 Å². The summed E-state index contributed by atoms with van der Waals surface area (Å²) in [6.45, 7) is 1.92. The van der Waals surface area contributed by atoms with E-state index in [2.05, 4.69) is 10.3 Å². The summed E-state index contributed by atoms with van der Waals surface area (Å²) in [6, 6.07) is 11.3. The number of amides is 1. The van der Waals surface area contributed by atoms with Crippen LogP contribution in [0.3, 0.4) is 0 Å². The maximum Gasteiger partial charge on any atom is 0.217 e. The molecule has 3 rings (SSSR count). The third-order valence-electron chi connectivity index (χ3n) is 3.72. The number of nitrogens with one attached hydrogen (secondary N) is 1. The van der Waals surface area contributed by atoms with E-state index in [0.29, 0.717) is 17.2 Å². The van der Waals surface area contributed by atoms with Gasteiger partial charge in [0.25, 0.3) is 0 Å². The van der Waals surface area contributed by atoms with Gasteiger partial charge in [-0.1, -0.05) is 17.8 Å². The number of hydrogen-bond acceptors (Lipinski definition) is 6. The molecule has 0 aliphatic rings. The lowest BCUT2D eigenvalue weighted by atomic mass is 10.3. The Balaban J connectivity index is 1.65. The molecule has 0 spiro atoms. The number of ketones is 1. The first kappa shape index (κ1) is 19.2. The SMILES string of the molecule is COc1cccc(-n2ccnc2SCC(=O)c2ccc(CNC(C)=O)s2)c1. The summed E-state index contributed by atoms with van der Waals surface area (Å²) in [5, 5.41) is 3.48. The number of methoxy groups -OCH3 is 1. The molecule has 140 valence electrons. The van der Waals surface area contributed by atoms with Gasteiger partial charge in [0, 0.05) is 30.3 Å². The van der Waals surface area contributed by atoms with E-state index in [-0.39, 0.29) is 11.7 Å². The van der Waals surface area contributed by atoms with E-state index in [1.165, 1.54) is 30.0 Å². The molecule has 2 aromatic heterocycles. The highest BCUT2D eigenvalue weighted by Crippen LogP contribution is 2.25. The van der Waals surface area contributed by atoms with Crippen molar-refractivity contribution < 1.29 is 14.3 Å². The molecule has 0 aliphatic heterocycles. The molecule has 1 N–H and O–H groups in total. The molecule has 1 aromatic carbocycles. The fraction of sp³-hybridized carbons (Fsp3) is 0.211. The second kappa shape index (κ2) is 8.88. The zero-order valence-electron chi connectivity index (χ0n) is 15.0. The number of imidazole rings is 1. The Morgan fingerprint density at radius 1 is 1.30 bits per heavy atom. The minimum atomic E-state index is -0.0868. The van der Waals surface area contributed by atoms with Crippen LogP contribution >= 0.6 is 23.1 Å². The first-order valence-electron chi connectivity index (χ1n) is 8.23. The summed E-state index contributed by atoms with van der Waals surface area (Å²) in [7, 11) is 1.63. The molecule has 27 heavy (non-hydrogen) atoms. The van der Waals surface area contributed by atoms with Gasteiger partial charge in [-0.3, -0.25) is 14.2 Å². The van der Waals surface area contributed by atoms with Gasteiger partial charge in [-0.2, -0.15) is 0 Å². The molecule has 0 aliphatic carbocycles. The van der Waals surface area contributed by atoms with Gasteiger partial charge in [-0.05, 0) is 24.3 Å². The Hall–Kier alpha value is -2.58. The molecule has 8 heteroatoms. The largest absolute Gasteiger partial charge is 0.497 e. The van der Waals surface area contributed by atoms with Gasteiger partial charge in [0.2, 0.25) is 5.91 Å². The van der Waals surface area contributed by atoms with Gasteiger partial charge in [0.15, 0.2) is 10.9 Å². The number of aromatic nitrogens is 2. The van der Waals surface area contributed by atoms with Crippen molar-refractivity contribution in [1.29, 1.82) is 0 Å². The summed E-state index contributed by atoms with van der Waals surface area (Å²) in [5.74, 6) is 1.01. The van der Waals surface area contributed by atoms with Gasteiger partial charge in [-0.25, -0.2) is 4.98 Å². The zero-order valence-corrected chi connectivity index (χ0v) is 16.6. The van der Waals surface area contributed by atoms with Crippen LogP contribution in [0.4, 0.5) is 0 Å². The van der Waals surface area contributed by atoms with Crippen LogP contribution in [0.15, 0.2) is 53.9 Å².